The summed E-state index contributed by atoms with van der Waals surface area (Å²) in [5.41, 5.74) is 5.58. The van der Waals surface area contributed by atoms with Crippen molar-refractivity contribution in [2.45, 2.75) is 6.54 Å². The molecular weight excluding hydrogens is 303 g/mol. The number of furan rings is 1. The van der Waals surface area contributed by atoms with Crippen LogP contribution in [0.1, 0.15) is 16.1 Å². The van der Waals surface area contributed by atoms with Gasteiger partial charge in [-0.05, 0) is 40.2 Å². The van der Waals surface area contributed by atoms with Crippen LogP contribution in [-0.2, 0) is 6.54 Å². The van der Waals surface area contributed by atoms with Gasteiger partial charge >= 0.3 is 0 Å². The van der Waals surface area contributed by atoms with Gasteiger partial charge in [0.15, 0.2) is 0 Å². The number of amides is 1. The lowest BCUT2D eigenvalue weighted by atomic mass is 10.2. The largest absolute Gasteiger partial charge is 0.466 e. The Kier molecular flexibility index (Phi) is 3.66. The molecule has 2 aromatic rings. The zero-order chi connectivity index (χ0) is 13.1. The smallest absolute Gasteiger partial charge is 0.248 e. The van der Waals surface area contributed by atoms with Crippen LogP contribution < -0.4 is 11.1 Å². The Balaban J connectivity index is 2.16. The number of carbonyl (C=O) groups excluding carboxylic acids is 1. The van der Waals surface area contributed by atoms with Gasteiger partial charge in [-0.1, -0.05) is 0 Å². The molecule has 0 atom stereocenters. The first-order valence-electron chi connectivity index (χ1n) is 5.13. The molecule has 6 heteroatoms. The second-order valence-corrected chi connectivity index (χ2v) is 4.46. The number of hydrogen-bond donors (Lipinski definition) is 2. The van der Waals surface area contributed by atoms with Crippen molar-refractivity contribution in [2.24, 2.45) is 5.73 Å². The SMILES string of the molecule is NC(=O)c1ccc(F)c(NCc2occc2Br)c1. The topological polar surface area (TPSA) is 68.3 Å². The maximum atomic E-state index is 13.5. The minimum absolute atomic E-state index is 0.203. The summed E-state index contributed by atoms with van der Waals surface area (Å²) in [6, 6.07) is 5.65. The van der Waals surface area contributed by atoms with Gasteiger partial charge in [0.05, 0.1) is 23.0 Å². The average molecular weight is 313 g/mol. The molecule has 0 aliphatic rings. The van der Waals surface area contributed by atoms with Crippen LogP contribution in [0.2, 0.25) is 0 Å². The highest BCUT2D eigenvalue weighted by Crippen LogP contribution is 2.21. The number of nitrogens with one attached hydrogen (secondary N) is 1. The van der Waals surface area contributed by atoms with Gasteiger partial charge in [0.2, 0.25) is 5.91 Å². The molecule has 0 unspecified atom stereocenters. The summed E-state index contributed by atoms with van der Waals surface area (Å²) in [6.45, 7) is 0.298. The summed E-state index contributed by atoms with van der Waals surface area (Å²) in [5.74, 6) is -0.418. The fraction of sp³-hybridized carbons (Fsp3) is 0.0833. The van der Waals surface area contributed by atoms with E-state index in [-0.39, 0.29) is 11.3 Å². The van der Waals surface area contributed by atoms with Gasteiger partial charge in [0.25, 0.3) is 0 Å². The number of hydrogen-bond acceptors (Lipinski definition) is 3. The third-order valence-electron chi connectivity index (χ3n) is 2.38. The minimum atomic E-state index is -0.600. The van der Waals surface area contributed by atoms with Crippen LogP contribution in [0.4, 0.5) is 10.1 Å². The molecule has 0 saturated heterocycles. The molecule has 1 heterocycles. The highest BCUT2D eigenvalue weighted by Gasteiger charge is 2.08. The van der Waals surface area contributed by atoms with E-state index in [0.717, 1.165) is 4.47 Å². The van der Waals surface area contributed by atoms with E-state index < -0.39 is 11.7 Å². The maximum Gasteiger partial charge on any atom is 0.248 e. The lowest BCUT2D eigenvalue weighted by molar-refractivity contribution is 0.100. The molecule has 0 aliphatic heterocycles. The zero-order valence-corrected chi connectivity index (χ0v) is 10.8. The Labute approximate surface area is 111 Å². The van der Waals surface area contributed by atoms with Crippen molar-refractivity contribution in [3.8, 4) is 0 Å². The van der Waals surface area contributed by atoms with Crippen molar-refractivity contribution >= 4 is 27.5 Å². The maximum absolute atomic E-state index is 13.5. The second-order valence-electron chi connectivity index (χ2n) is 3.60. The van der Waals surface area contributed by atoms with Crippen molar-refractivity contribution in [1.82, 2.24) is 0 Å². The Bertz CT molecular complexity index is 583. The van der Waals surface area contributed by atoms with Gasteiger partial charge in [-0.3, -0.25) is 4.79 Å². The van der Waals surface area contributed by atoms with E-state index in [1.165, 1.54) is 24.5 Å². The number of nitrogens with two attached hydrogens (primary N) is 1. The van der Waals surface area contributed by atoms with Gasteiger partial charge in [-0.2, -0.15) is 0 Å². The van der Waals surface area contributed by atoms with E-state index >= 15 is 0 Å². The molecule has 0 bridgehead atoms. The first kappa shape index (κ1) is 12.6. The van der Waals surface area contributed by atoms with Gasteiger partial charge in [0, 0.05) is 5.56 Å². The summed E-state index contributed by atoms with van der Waals surface area (Å²) in [4.78, 5) is 11.0. The Morgan fingerprint density at radius 1 is 1.44 bits per heavy atom. The molecule has 1 aromatic carbocycles. The predicted octanol–water partition coefficient (Wildman–Crippen LogP) is 2.89. The van der Waals surface area contributed by atoms with Crippen LogP contribution in [0.15, 0.2) is 39.4 Å². The summed E-state index contributed by atoms with van der Waals surface area (Å²) in [7, 11) is 0. The van der Waals surface area contributed by atoms with Gasteiger partial charge in [0.1, 0.15) is 11.6 Å². The van der Waals surface area contributed by atoms with Crippen LogP contribution >= 0.6 is 15.9 Å². The number of primary amides is 1. The monoisotopic (exact) mass is 312 g/mol. The van der Waals surface area contributed by atoms with Crippen LogP contribution in [-0.4, -0.2) is 5.91 Å². The fourth-order valence-corrected chi connectivity index (χ4v) is 1.78. The Hall–Kier alpha value is -1.82. The van der Waals surface area contributed by atoms with Crippen LogP contribution in [0.5, 0.6) is 0 Å². The molecule has 4 nitrogen and oxygen atoms in total. The fourth-order valence-electron chi connectivity index (χ4n) is 1.44. The molecule has 3 N–H and O–H groups in total. The number of carbonyl (C=O) groups is 1. The number of rotatable bonds is 4. The summed E-state index contributed by atoms with van der Waals surface area (Å²) >= 11 is 3.29. The molecule has 2 rings (SSSR count). The van der Waals surface area contributed by atoms with Crippen molar-refractivity contribution in [1.29, 1.82) is 0 Å². The first-order chi connectivity index (χ1) is 8.58. The Morgan fingerprint density at radius 2 is 2.22 bits per heavy atom. The normalized spacial score (nSPS) is 10.3. The lowest BCUT2D eigenvalue weighted by Crippen LogP contribution is -2.12. The minimum Gasteiger partial charge on any atom is -0.466 e. The molecule has 1 aromatic heterocycles. The lowest BCUT2D eigenvalue weighted by Gasteiger charge is -2.07. The zero-order valence-electron chi connectivity index (χ0n) is 9.24. The summed E-state index contributed by atoms with van der Waals surface area (Å²) in [6.07, 6.45) is 1.53. The molecule has 94 valence electrons. The highest BCUT2D eigenvalue weighted by atomic mass is 79.9. The van der Waals surface area contributed by atoms with Gasteiger partial charge < -0.3 is 15.5 Å². The standard InChI is InChI=1S/C12H10BrFN2O2/c13-8-3-4-18-11(8)6-16-10-5-7(12(15)17)1-2-9(10)14/h1-5,16H,6H2,(H2,15,17). The third-order valence-corrected chi connectivity index (χ3v) is 3.09. The molecule has 18 heavy (non-hydrogen) atoms. The molecule has 0 radical (unpaired) electrons. The van der Waals surface area contributed by atoms with Crippen LogP contribution in [0.3, 0.4) is 0 Å². The van der Waals surface area contributed by atoms with E-state index in [0.29, 0.717) is 12.3 Å². The molecule has 0 aliphatic carbocycles. The molecule has 1 amide bonds. The van der Waals surface area contributed by atoms with Crippen LogP contribution in [0, 0.1) is 5.82 Å². The van der Waals surface area contributed by atoms with Crippen molar-refractivity contribution in [2.75, 3.05) is 5.32 Å². The first-order valence-corrected chi connectivity index (χ1v) is 5.92. The van der Waals surface area contributed by atoms with Crippen molar-refractivity contribution in [3.05, 3.63) is 52.1 Å². The van der Waals surface area contributed by atoms with E-state index in [4.69, 9.17) is 10.2 Å². The number of anilines is 1. The van der Waals surface area contributed by atoms with Crippen LogP contribution in [0.25, 0.3) is 0 Å². The Morgan fingerprint density at radius 3 is 2.83 bits per heavy atom. The average Bonchev–Trinajstić information content (AvgIpc) is 2.73. The molecule has 0 fully saturated rings. The molecular formula is C12H10BrFN2O2. The van der Waals surface area contributed by atoms with Crippen molar-refractivity contribution < 1.29 is 13.6 Å². The highest BCUT2D eigenvalue weighted by molar-refractivity contribution is 9.10. The molecule has 0 spiro atoms. The van der Waals surface area contributed by atoms with E-state index in [9.17, 15) is 9.18 Å². The van der Waals surface area contributed by atoms with E-state index in [1.807, 2.05) is 0 Å². The summed E-state index contributed by atoms with van der Waals surface area (Å²) < 4.78 is 19.5. The number of benzene rings is 1. The van der Waals surface area contributed by atoms with E-state index in [1.54, 1.807) is 6.07 Å². The number of halogens is 2. The quantitative estimate of drug-likeness (QED) is 0.912. The van der Waals surface area contributed by atoms with E-state index in [2.05, 4.69) is 21.2 Å². The van der Waals surface area contributed by atoms with Gasteiger partial charge in [-0.15, -0.1) is 0 Å². The third kappa shape index (κ3) is 2.70. The van der Waals surface area contributed by atoms with Gasteiger partial charge in [-0.25, -0.2) is 4.39 Å². The second kappa shape index (κ2) is 5.22. The van der Waals surface area contributed by atoms with Crippen molar-refractivity contribution in [3.63, 3.8) is 0 Å². The summed E-state index contributed by atoms with van der Waals surface area (Å²) in [5, 5.41) is 2.84. The molecule has 0 saturated carbocycles. The predicted molar refractivity (Wildman–Crippen MR) is 68.7 cm³/mol.